The first-order chi connectivity index (χ1) is 15.9. The van der Waals surface area contributed by atoms with Crippen LogP contribution < -0.4 is 0 Å². The van der Waals surface area contributed by atoms with Crippen molar-refractivity contribution in [1.82, 2.24) is 8.80 Å². The summed E-state index contributed by atoms with van der Waals surface area (Å²) in [6, 6.07) is 35.8. The Bertz CT molecular complexity index is 2030. The second-order valence-corrected chi connectivity index (χ2v) is 8.97. The lowest BCUT2D eigenvalue weighted by molar-refractivity contribution is 1.33. The summed E-state index contributed by atoms with van der Waals surface area (Å²) >= 11 is 0. The van der Waals surface area contributed by atoms with E-state index in [0.717, 1.165) is 0 Å². The maximum absolute atomic E-state index is 2.51. The molecule has 0 N–H and O–H groups in total. The van der Waals surface area contributed by atoms with Crippen molar-refractivity contribution >= 4 is 76.2 Å². The Morgan fingerprint density at radius 1 is 0.281 bits per heavy atom. The fraction of sp³-hybridized carbons (Fsp3) is 0. The Labute approximate surface area is 182 Å². The van der Waals surface area contributed by atoms with Gasteiger partial charge in [-0.2, -0.15) is 0 Å². The summed E-state index contributed by atoms with van der Waals surface area (Å²) in [5.41, 5.74) is 7.86. The van der Waals surface area contributed by atoms with Gasteiger partial charge in [-0.15, -0.1) is 0 Å². The Morgan fingerprint density at radius 3 is 1.09 bits per heavy atom. The van der Waals surface area contributed by atoms with Crippen molar-refractivity contribution in [2.75, 3.05) is 0 Å². The molecule has 146 valence electrons. The van der Waals surface area contributed by atoms with Crippen LogP contribution in [0.25, 0.3) is 76.2 Å². The molecule has 2 heteroatoms. The van der Waals surface area contributed by atoms with Crippen LogP contribution in [0.4, 0.5) is 0 Å². The number of hydrogen-bond acceptors (Lipinski definition) is 0. The highest BCUT2D eigenvalue weighted by Crippen LogP contribution is 2.45. The summed E-state index contributed by atoms with van der Waals surface area (Å²) in [5.74, 6) is 0. The minimum absolute atomic E-state index is 1.28. The number of aromatic nitrogens is 2. The van der Waals surface area contributed by atoms with E-state index in [2.05, 4.69) is 106 Å². The molecular weight excluding hydrogens is 388 g/mol. The molecule has 0 radical (unpaired) electrons. The number of hydrogen-bond donors (Lipinski definition) is 0. The number of para-hydroxylation sites is 4. The molecule has 9 rings (SSSR count). The molecule has 0 amide bonds. The maximum atomic E-state index is 2.51. The smallest absolute Gasteiger partial charge is 0.0789 e. The molecule has 4 heterocycles. The van der Waals surface area contributed by atoms with Gasteiger partial charge in [0, 0.05) is 43.1 Å². The molecule has 0 aliphatic rings. The quantitative estimate of drug-likeness (QED) is 0.242. The molecule has 0 unspecified atom stereocenters. The summed E-state index contributed by atoms with van der Waals surface area (Å²) in [5, 5.41) is 10.6. The van der Waals surface area contributed by atoms with Gasteiger partial charge in [0.2, 0.25) is 0 Å². The Balaban J connectivity index is 1.74. The van der Waals surface area contributed by atoms with Crippen LogP contribution >= 0.6 is 0 Å². The first kappa shape index (κ1) is 15.5. The molecule has 0 atom stereocenters. The standard InChI is InChI=1S/C30H16N2/c1-3-13-25-17(7-1)19-9-5-11-21-23-15-16-24-22-12-6-10-20-18-8-2-4-14-26(18)32(28(20)22)30(24)29(23)31(25)27(19)21/h1-16H. The molecule has 0 spiro atoms. The van der Waals surface area contributed by atoms with Crippen LogP contribution in [-0.4, -0.2) is 8.80 Å². The van der Waals surface area contributed by atoms with Crippen LogP contribution in [0.1, 0.15) is 0 Å². The summed E-state index contributed by atoms with van der Waals surface area (Å²) in [7, 11) is 0. The van der Waals surface area contributed by atoms with Crippen molar-refractivity contribution in [2.24, 2.45) is 0 Å². The molecule has 5 aromatic carbocycles. The predicted octanol–water partition coefficient (Wildman–Crippen LogP) is 7.99. The zero-order chi connectivity index (χ0) is 20.6. The number of benzene rings is 5. The highest BCUT2D eigenvalue weighted by molar-refractivity contribution is 6.32. The average molecular weight is 404 g/mol. The Hall–Kier alpha value is -4.30. The van der Waals surface area contributed by atoms with E-state index in [9.17, 15) is 0 Å². The van der Waals surface area contributed by atoms with Gasteiger partial charge in [0.1, 0.15) is 0 Å². The summed E-state index contributed by atoms with van der Waals surface area (Å²) < 4.78 is 5.03. The van der Waals surface area contributed by atoms with E-state index >= 15 is 0 Å². The molecule has 0 bridgehead atoms. The first-order valence-corrected chi connectivity index (χ1v) is 11.1. The van der Waals surface area contributed by atoms with E-state index < -0.39 is 0 Å². The Kier molecular flexibility index (Phi) is 2.40. The van der Waals surface area contributed by atoms with Crippen molar-refractivity contribution < 1.29 is 0 Å². The molecule has 4 aromatic heterocycles. The molecule has 9 aromatic rings. The van der Waals surface area contributed by atoms with E-state index in [4.69, 9.17) is 0 Å². The van der Waals surface area contributed by atoms with Gasteiger partial charge in [-0.1, -0.05) is 84.9 Å². The highest BCUT2D eigenvalue weighted by atomic mass is 15.0. The van der Waals surface area contributed by atoms with Gasteiger partial charge in [0.25, 0.3) is 0 Å². The van der Waals surface area contributed by atoms with E-state index in [0.29, 0.717) is 0 Å². The van der Waals surface area contributed by atoms with E-state index in [1.54, 1.807) is 0 Å². The maximum Gasteiger partial charge on any atom is 0.0789 e. The molecule has 32 heavy (non-hydrogen) atoms. The molecule has 2 nitrogen and oxygen atoms in total. The van der Waals surface area contributed by atoms with Crippen molar-refractivity contribution in [3.8, 4) is 0 Å². The monoisotopic (exact) mass is 404 g/mol. The van der Waals surface area contributed by atoms with E-state index in [1.165, 1.54) is 76.2 Å². The fourth-order valence-electron chi connectivity index (χ4n) is 6.40. The third kappa shape index (κ3) is 1.49. The highest BCUT2D eigenvalue weighted by Gasteiger charge is 2.23. The number of fused-ring (bicyclic) bond motifs is 13. The van der Waals surface area contributed by atoms with Crippen LogP contribution in [-0.2, 0) is 0 Å². The number of rotatable bonds is 0. The van der Waals surface area contributed by atoms with Gasteiger partial charge < -0.3 is 8.80 Å². The molecular formula is C30H16N2. The van der Waals surface area contributed by atoms with Gasteiger partial charge >= 0.3 is 0 Å². The van der Waals surface area contributed by atoms with Gasteiger partial charge in [-0.05, 0) is 12.1 Å². The second kappa shape index (κ2) is 4.95. The van der Waals surface area contributed by atoms with Crippen molar-refractivity contribution in [3.05, 3.63) is 97.1 Å². The van der Waals surface area contributed by atoms with Gasteiger partial charge in [0.05, 0.1) is 33.1 Å². The normalized spacial score (nSPS) is 13.0. The molecule has 0 aliphatic carbocycles. The van der Waals surface area contributed by atoms with Crippen LogP contribution in [0.5, 0.6) is 0 Å². The minimum Gasteiger partial charge on any atom is -0.306 e. The van der Waals surface area contributed by atoms with Crippen LogP contribution in [0.2, 0.25) is 0 Å². The lowest BCUT2D eigenvalue weighted by Gasteiger charge is -2.03. The second-order valence-electron chi connectivity index (χ2n) is 8.97. The fourth-order valence-corrected chi connectivity index (χ4v) is 6.40. The van der Waals surface area contributed by atoms with Crippen LogP contribution in [0, 0.1) is 0 Å². The lowest BCUT2D eigenvalue weighted by Crippen LogP contribution is -1.86. The third-order valence-corrected chi connectivity index (χ3v) is 7.57. The van der Waals surface area contributed by atoms with E-state index in [-0.39, 0.29) is 0 Å². The summed E-state index contributed by atoms with van der Waals surface area (Å²) in [4.78, 5) is 0. The van der Waals surface area contributed by atoms with Crippen molar-refractivity contribution in [1.29, 1.82) is 0 Å². The van der Waals surface area contributed by atoms with Gasteiger partial charge in [-0.25, -0.2) is 0 Å². The summed E-state index contributed by atoms with van der Waals surface area (Å²) in [6.45, 7) is 0. The molecule has 0 saturated carbocycles. The predicted molar refractivity (Wildman–Crippen MR) is 136 cm³/mol. The van der Waals surface area contributed by atoms with E-state index in [1.807, 2.05) is 0 Å². The topological polar surface area (TPSA) is 8.82 Å². The Morgan fingerprint density at radius 2 is 0.625 bits per heavy atom. The van der Waals surface area contributed by atoms with Crippen molar-refractivity contribution in [3.63, 3.8) is 0 Å². The summed E-state index contributed by atoms with van der Waals surface area (Å²) in [6.07, 6.45) is 0. The van der Waals surface area contributed by atoms with Crippen LogP contribution in [0.15, 0.2) is 97.1 Å². The molecule has 0 aliphatic heterocycles. The van der Waals surface area contributed by atoms with Gasteiger partial charge in [-0.3, -0.25) is 0 Å². The zero-order valence-corrected chi connectivity index (χ0v) is 17.1. The van der Waals surface area contributed by atoms with Crippen molar-refractivity contribution in [2.45, 2.75) is 0 Å². The van der Waals surface area contributed by atoms with Crippen LogP contribution in [0.3, 0.4) is 0 Å². The van der Waals surface area contributed by atoms with Gasteiger partial charge in [0.15, 0.2) is 0 Å². The third-order valence-electron chi connectivity index (χ3n) is 7.57. The lowest BCUT2D eigenvalue weighted by atomic mass is 10.0. The SMILES string of the molecule is c1ccc2c(c1)c1cccc3c4ccc5c6cccc7c8ccccc8n(c76)c5c4n2c13. The zero-order valence-electron chi connectivity index (χ0n) is 17.1. The molecule has 0 fully saturated rings. The first-order valence-electron chi connectivity index (χ1n) is 11.1. The molecule has 0 saturated heterocycles. The number of nitrogens with zero attached hydrogens (tertiary/aromatic N) is 2. The largest absolute Gasteiger partial charge is 0.306 e. The minimum atomic E-state index is 1.28. The average Bonchev–Trinajstić information content (AvgIpc) is 3.56.